The first kappa shape index (κ1) is 49.3. The van der Waals surface area contributed by atoms with Crippen molar-refractivity contribution in [1.82, 2.24) is 18.3 Å². The second-order valence-corrected chi connectivity index (χ2v) is 30.1. The van der Waals surface area contributed by atoms with Crippen molar-refractivity contribution in [2.75, 3.05) is 26.4 Å². The first-order valence-electron chi connectivity index (χ1n) is 20.5. The normalized spacial score (nSPS) is 26.6. The van der Waals surface area contributed by atoms with Gasteiger partial charge >= 0.3 is 11.4 Å². The van der Waals surface area contributed by atoms with Gasteiger partial charge < -0.3 is 33.9 Å². The van der Waals surface area contributed by atoms with Crippen LogP contribution in [0.25, 0.3) is 10.4 Å². The van der Waals surface area contributed by atoms with E-state index in [1.807, 2.05) is 47.0 Å². The minimum Gasteiger partial charge on any atom is -0.414 e. The van der Waals surface area contributed by atoms with Gasteiger partial charge in [-0.2, -0.15) is 8.42 Å². The molecule has 2 saturated heterocycles. The molecule has 3 aliphatic rings. The molecule has 1 spiro atoms. The molecule has 5 rings (SSSR count). The maximum atomic E-state index is 14.5. The number of aromatic nitrogens is 4. The van der Waals surface area contributed by atoms with Gasteiger partial charge in [0.15, 0.2) is 28.5 Å². The zero-order valence-corrected chi connectivity index (χ0v) is 40.4. The number of hydrogen-bond donors (Lipinski definition) is 2. The topological polar surface area (TPSA) is 273 Å². The molecule has 0 amide bonds. The lowest BCUT2D eigenvalue weighted by Crippen LogP contribution is -2.59. The molecular formula is C38H62N8O13SSi2. The maximum absolute atomic E-state index is 14.5. The van der Waals surface area contributed by atoms with E-state index < -0.39 is 103 Å². The lowest BCUT2D eigenvalue weighted by atomic mass is 9.89. The van der Waals surface area contributed by atoms with Crippen molar-refractivity contribution in [2.24, 2.45) is 10.8 Å². The SMILES string of the molecule is Cc1cn([C@@H]2C[C@@H](N=[N+]=[N-])[C@H](CO)O2)c(=O)n(CCOCCn2c(=O)c(C)cn([C@@H]3O[C@H](CO[Si](C)(C)C(C)(C)C)[C@@]4(OS(=O)(=O)C=C4N)[C@H]3O[Si](C)(C)C(C)(C)C)c2=O)c1=O. The van der Waals surface area contributed by atoms with Gasteiger partial charge in [-0.15, -0.1) is 0 Å². The van der Waals surface area contributed by atoms with Gasteiger partial charge in [0.1, 0.15) is 18.4 Å². The van der Waals surface area contributed by atoms with Crippen molar-refractivity contribution < 1.29 is 40.8 Å². The molecule has 0 aliphatic carbocycles. The van der Waals surface area contributed by atoms with Crippen LogP contribution in [0.2, 0.25) is 36.3 Å². The fraction of sp³-hybridized carbons (Fsp3) is 0.737. The summed E-state index contributed by atoms with van der Waals surface area (Å²) in [6, 6.07) is -0.720. The third kappa shape index (κ3) is 9.41. The summed E-state index contributed by atoms with van der Waals surface area (Å²) < 4.78 is 68.4. The number of aliphatic hydroxyl groups is 1. The van der Waals surface area contributed by atoms with E-state index >= 15 is 0 Å². The van der Waals surface area contributed by atoms with E-state index in [1.54, 1.807) is 0 Å². The number of nitrogens with two attached hydrogens (primary N) is 1. The highest BCUT2D eigenvalue weighted by Gasteiger charge is 2.67. The number of ether oxygens (including phenoxy) is 3. The van der Waals surface area contributed by atoms with Gasteiger partial charge in [0.25, 0.3) is 21.2 Å². The third-order valence-electron chi connectivity index (χ3n) is 12.9. The van der Waals surface area contributed by atoms with Crippen LogP contribution in [-0.4, -0.2) is 105 Å². The lowest BCUT2D eigenvalue weighted by Gasteiger charge is -2.43. The van der Waals surface area contributed by atoms with E-state index in [0.717, 1.165) is 14.5 Å². The first-order chi connectivity index (χ1) is 28.5. The standard InChI is InChI=1S/C38H62N8O13SSi2/c1-23-18-45(29-17-25(41-42-40)26(20-47)56-29)34(50)43(31(23)48)13-15-54-16-14-44-32(49)24(2)19-46(35(44)51)33-30(58-62(11,12)37(6,7)8)38(27(39)22-60(52,53)59-38)28(57-33)21-55-61(9,10)36(3,4)5/h18-19,22,25-26,28-30,33,47H,13-17,20-21,39H2,1-12H3/t25-,26+,28-,29+,30+,33-,38-/m1/s1. The van der Waals surface area contributed by atoms with Gasteiger partial charge in [-0.05, 0) is 55.6 Å². The average molecular weight is 927 g/mol. The van der Waals surface area contributed by atoms with E-state index in [9.17, 15) is 32.7 Å². The molecule has 2 aromatic rings. The minimum atomic E-state index is -4.33. The number of nitrogens with zero attached hydrogens (tertiary/aromatic N) is 7. The smallest absolute Gasteiger partial charge is 0.333 e. The van der Waals surface area contributed by atoms with Gasteiger partial charge in [-0.3, -0.25) is 27.9 Å². The molecule has 0 saturated carbocycles. The molecule has 0 radical (unpaired) electrons. The quantitative estimate of drug-likeness (QED) is 0.0650. The molecule has 3 aliphatic heterocycles. The van der Waals surface area contributed by atoms with Crippen LogP contribution in [0.15, 0.2) is 47.8 Å². The molecule has 346 valence electrons. The zero-order chi connectivity index (χ0) is 46.5. The van der Waals surface area contributed by atoms with Gasteiger partial charge in [-0.1, -0.05) is 46.7 Å². The Morgan fingerprint density at radius 1 is 0.919 bits per heavy atom. The average Bonchev–Trinajstić information content (AvgIpc) is 3.78. The van der Waals surface area contributed by atoms with Crippen molar-refractivity contribution in [3.05, 3.63) is 86.7 Å². The van der Waals surface area contributed by atoms with Crippen molar-refractivity contribution >= 4 is 26.8 Å². The second kappa shape index (κ2) is 17.7. The number of aryl methyl sites for hydroxylation is 2. The molecule has 62 heavy (non-hydrogen) atoms. The van der Waals surface area contributed by atoms with Crippen LogP contribution in [0, 0.1) is 13.8 Å². The molecule has 7 atom stereocenters. The van der Waals surface area contributed by atoms with Crippen LogP contribution in [0.3, 0.4) is 0 Å². The second-order valence-electron chi connectivity index (χ2n) is 19.2. The fourth-order valence-electron chi connectivity index (χ4n) is 7.17. The Kier molecular flexibility index (Phi) is 14.1. The van der Waals surface area contributed by atoms with Crippen molar-refractivity contribution in [1.29, 1.82) is 0 Å². The first-order valence-corrected chi connectivity index (χ1v) is 27.8. The highest BCUT2D eigenvalue weighted by Crippen LogP contribution is 2.52. The van der Waals surface area contributed by atoms with Crippen molar-refractivity contribution in [3.63, 3.8) is 0 Å². The Labute approximate surface area is 362 Å². The lowest BCUT2D eigenvalue weighted by molar-refractivity contribution is -0.0568. The summed E-state index contributed by atoms with van der Waals surface area (Å²) >= 11 is 0. The molecule has 0 aromatic carbocycles. The highest BCUT2D eigenvalue weighted by molar-refractivity contribution is 7.90. The molecule has 5 heterocycles. The Balaban J connectivity index is 1.45. The Hall–Kier alpha value is -3.69. The Morgan fingerprint density at radius 2 is 1.45 bits per heavy atom. The molecule has 21 nitrogen and oxygen atoms in total. The highest BCUT2D eigenvalue weighted by atomic mass is 32.2. The van der Waals surface area contributed by atoms with E-state index in [2.05, 4.69) is 30.8 Å². The number of rotatable bonds is 15. The van der Waals surface area contributed by atoms with E-state index in [1.165, 1.54) is 35.4 Å². The molecular weight excluding hydrogens is 865 g/mol. The molecule has 0 unspecified atom stereocenters. The summed E-state index contributed by atoms with van der Waals surface area (Å²) in [5.41, 5.74) is 11.1. The van der Waals surface area contributed by atoms with Gasteiger partial charge in [0.2, 0.25) is 0 Å². The largest absolute Gasteiger partial charge is 0.414 e. The summed E-state index contributed by atoms with van der Waals surface area (Å²) in [7, 11) is -9.65. The van der Waals surface area contributed by atoms with Crippen LogP contribution < -0.4 is 28.2 Å². The molecule has 2 fully saturated rings. The van der Waals surface area contributed by atoms with E-state index in [0.29, 0.717) is 0 Å². The van der Waals surface area contributed by atoms with Gasteiger partial charge in [0.05, 0.1) is 62.8 Å². The zero-order valence-electron chi connectivity index (χ0n) is 37.6. The number of aliphatic hydroxyl groups excluding tert-OH is 1. The molecule has 2 aromatic heterocycles. The van der Waals surface area contributed by atoms with E-state index in [-0.39, 0.29) is 61.2 Å². The van der Waals surface area contributed by atoms with Crippen molar-refractivity contribution in [3.8, 4) is 0 Å². The summed E-state index contributed by atoms with van der Waals surface area (Å²) in [5.74, 6) is 0. The van der Waals surface area contributed by atoms with Crippen molar-refractivity contribution in [2.45, 2.75) is 154 Å². The number of azide groups is 1. The predicted octanol–water partition coefficient (Wildman–Crippen LogP) is 2.83. The Bertz CT molecular complexity index is 2460. The summed E-state index contributed by atoms with van der Waals surface area (Å²) in [4.78, 5) is 57.4. The number of hydrogen-bond acceptors (Lipinski definition) is 15. The third-order valence-corrected chi connectivity index (χ3v) is 22.9. The monoisotopic (exact) mass is 926 g/mol. The fourth-order valence-corrected chi connectivity index (χ4v) is 10.7. The minimum absolute atomic E-state index is 0.101. The summed E-state index contributed by atoms with van der Waals surface area (Å²) in [6.45, 7) is 21.8. The van der Waals surface area contributed by atoms with Crippen LogP contribution in [0.1, 0.15) is 71.5 Å². The van der Waals surface area contributed by atoms with E-state index in [4.69, 9.17) is 38.5 Å². The molecule has 24 heteroatoms. The molecule has 0 bridgehead atoms. The maximum Gasteiger partial charge on any atom is 0.333 e. The predicted molar refractivity (Wildman–Crippen MR) is 233 cm³/mol. The molecule has 3 N–H and O–H groups in total. The van der Waals surface area contributed by atoms with Crippen LogP contribution >= 0.6 is 0 Å². The Morgan fingerprint density at radius 3 is 1.94 bits per heavy atom. The van der Waals surface area contributed by atoms with Crippen LogP contribution in [-0.2, 0) is 50.5 Å². The van der Waals surface area contributed by atoms with Gasteiger partial charge in [-0.25, -0.2) is 13.8 Å². The van der Waals surface area contributed by atoms with Crippen LogP contribution in [0.4, 0.5) is 0 Å². The summed E-state index contributed by atoms with van der Waals surface area (Å²) in [5, 5.41) is 13.6. The van der Waals surface area contributed by atoms with Crippen LogP contribution in [0.5, 0.6) is 0 Å². The van der Waals surface area contributed by atoms with Gasteiger partial charge in [0, 0.05) is 34.9 Å². The summed E-state index contributed by atoms with van der Waals surface area (Å²) in [6.07, 6.45) is -2.76.